The van der Waals surface area contributed by atoms with Crippen molar-refractivity contribution in [3.05, 3.63) is 0 Å². The highest BCUT2D eigenvalue weighted by Crippen LogP contribution is 2.70. The number of fused-ring (bicyclic) bond motifs is 5. The van der Waals surface area contributed by atoms with Gasteiger partial charge in [-0.15, -0.1) is 0 Å². The van der Waals surface area contributed by atoms with E-state index in [0.29, 0.717) is 29.6 Å². The van der Waals surface area contributed by atoms with Crippen molar-refractivity contribution in [3.63, 3.8) is 0 Å². The van der Waals surface area contributed by atoms with Gasteiger partial charge in [-0.05, 0) is 91.3 Å². The lowest BCUT2D eigenvalue weighted by Crippen LogP contribution is -2.68. The third kappa shape index (κ3) is 3.54. The SMILES string of the molecule is BC(B)(CC[C@H]1CC[C@H]2[C@H]3[C@H](CC[C@]12C)[C@@]1(C)CC[C@@H](O)C[C@H]1[C@@H](CC)[C@@]3(B)O)C(=O)O. The van der Waals surface area contributed by atoms with E-state index in [1.807, 2.05) is 15.7 Å². The summed E-state index contributed by atoms with van der Waals surface area (Å²) in [6.45, 7) is 7.19. The van der Waals surface area contributed by atoms with Gasteiger partial charge in [-0.2, -0.15) is 0 Å². The average Bonchev–Trinajstić information content (AvgIpc) is 3.04. The summed E-state index contributed by atoms with van der Waals surface area (Å²) >= 11 is 0. The molecule has 0 heterocycles. The lowest BCUT2D eigenvalue weighted by atomic mass is 9.35. The zero-order valence-electron chi connectivity index (χ0n) is 21.4. The Labute approximate surface area is 197 Å². The molecule has 0 bridgehead atoms. The van der Waals surface area contributed by atoms with Crippen LogP contribution in [0, 0.1) is 46.3 Å². The highest BCUT2D eigenvalue weighted by molar-refractivity contribution is 6.49. The Balaban J connectivity index is 1.64. The Hall–Kier alpha value is -0.415. The number of carboxylic acid groups (broad SMARTS) is 1. The number of hydrogen-bond acceptors (Lipinski definition) is 3. The summed E-state index contributed by atoms with van der Waals surface area (Å²) in [7, 11) is 5.85. The summed E-state index contributed by atoms with van der Waals surface area (Å²) in [6, 6.07) is 0. The van der Waals surface area contributed by atoms with Crippen LogP contribution >= 0.6 is 0 Å². The van der Waals surface area contributed by atoms with Crippen LogP contribution in [-0.4, -0.2) is 56.4 Å². The normalized spacial score (nSPS) is 50.8. The molecule has 3 N–H and O–H groups in total. The van der Waals surface area contributed by atoms with Gasteiger partial charge in [0.1, 0.15) is 23.5 Å². The molecule has 0 aromatic heterocycles. The molecule has 0 aromatic rings. The van der Waals surface area contributed by atoms with Gasteiger partial charge in [0, 0.05) is 10.7 Å². The van der Waals surface area contributed by atoms with Gasteiger partial charge in [0.05, 0.1) is 6.10 Å². The van der Waals surface area contributed by atoms with Crippen LogP contribution in [0.15, 0.2) is 0 Å². The lowest BCUT2D eigenvalue weighted by molar-refractivity contribution is -0.219. The molecule has 4 aliphatic rings. The fourth-order valence-corrected chi connectivity index (χ4v) is 9.70. The highest BCUT2D eigenvalue weighted by atomic mass is 16.4. The van der Waals surface area contributed by atoms with Crippen molar-refractivity contribution in [1.82, 2.24) is 0 Å². The summed E-state index contributed by atoms with van der Waals surface area (Å²) in [5.41, 5.74) is -0.269. The van der Waals surface area contributed by atoms with Gasteiger partial charge in [-0.3, -0.25) is 4.79 Å². The molecule has 4 nitrogen and oxygen atoms in total. The highest BCUT2D eigenvalue weighted by Gasteiger charge is 2.67. The number of rotatable bonds is 5. The summed E-state index contributed by atoms with van der Waals surface area (Å²) in [5.74, 6) is 1.89. The maximum Gasteiger partial charge on any atom is 0.293 e. The second-order valence-corrected chi connectivity index (χ2v) is 13.6. The lowest BCUT2D eigenvalue weighted by Gasteiger charge is -2.68. The minimum absolute atomic E-state index is 0.204. The molecule has 0 saturated heterocycles. The first-order valence-corrected chi connectivity index (χ1v) is 13.4. The van der Waals surface area contributed by atoms with Crippen LogP contribution in [0.3, 0.4) is 0 Å². The summed E-state index contributed by atoms with van der Waals surface area (Å²) < 4.78 is 0. The zero-order valence-corrected chi connectivity index (χ0v) is 21.4. The number of hydrogen-bond donors (Lipinski definition) is 3. The molecular weight excluding hydrogens is 397 g/mol. The van der Waals surface area contributed by atoms with Crippen molar-refractivity contribution in [2.45, 2.75) is 102 Å². The molecular formula is C25H45B3O4. The molecule has 0 amide bonds. The van der Waals surface area contributed by atoms with Crippen LogP contribution in [0.25, 0.3) is 0 Å². The van der Waals surface area contributed by atoms with Crippen molar-refractivity contribution < 1.29 is 20.1 Å². The largest absolute Gasteiger partial charge is 0.482 e. The third-order valence-corrected chi connectivity index (χ3v) is 11.8. The molecule has 7 heteroatoms. The van der Waals surface area contributed by atoms with Crippen LogP contribution < -0.4 is 0 Å². The molecule has 4 rings (SSSR count). The number of aliphatic carboxylic acids is 1. The van der Waals surface area contributed by atoms with Crippen molar-refractivity contribution in [3.8, 4) is 0 Å². The number of carbonyl (C=O) groups is 1. The molecule has 0 aromatic carbocycles. The zero-order chi connectivity index (χ0) is 23.7. The third-order valence-electron chi connectivity index (χ3n) is 11.8. The van der Waals surface area contributed by atoms with E-state index in [-0.39, 0.29) is 22.9 Å². The Kier molecular flexibility index (Phi) is 6.23. The van der Waals surface area contributed by atoms with E-state index in [2.05, 4.69) is 28.6 Å². The van der Waals surface area contributed by atoms with Crippen molar-refractivity contribution in [1.29, 1.82) is 0 Å². The number of aliphatic hydroxyl groups excluding tert-OH is 1. The Morgan fingerprint density at radius 3 is 2.28 bits per heavy atom. The second kappa shape index (κ2) is 8.07. The monoisotopic (exact) mass is 442 g/mol. The van der Waals surface area contributed by atoms with E-state index in [4.69, 9.17) is 0 Å². The summed E-state index contributed by atoms with van der Waals surface area (Å²) in [5, 5.41) is 31.6. The van der Waals surface area contributed by atoms with E-state index >= 15 is 0 Å². The summed E-state index contributed by atoms with van der Waals surface area (Å²) in [4.78, 5) is 11.7. The predicted octanol–water partition coefficient (Wildman–Crippen LogP) is 1.82. The van der Waals surface area contributed by atoms with E-state index in [1.54, 1.807) is 0 Å². The summed E-state index contributed by atoms with van der Waals surface area (Å²) in [6.07, 6.45) is 10.0. The predicted molar refractivity (Wildman–Crippen MR) is 136 cm³/mol. The first kappa shape index (κ1) is 24.7. The van der Waals surface area contributed by atoms with Gasteiger partial charge in [-0.25, -0.2) is 0 Å². The standard InChI is InChI=1S/C25H45B3O4/c1-4-16-19-13-15(29)8-10-23(19,3)18-9-11-22(2)14(7-12-24(26,27)21(30)31)5-6-17(22)20(18)25(16,28)32/h14-20,29,32H,4-13,26-28H2,1-3H3,(H,30,31)/t14-,15-,16-,17+,18+,19+,20+,22-,23-,25-/m1/s1. The minimum atomic E-state index is -0.694. The maximum atomic E-state index is 12.2. The topological polar surface area (TPSA) is 77.8 Å². The number of carboxylic acids is 1. The maximum absolute atomic E-state index is 12.2. The van der Waals surface area contributed by atoms with Gasteiger partial charge < -0.3 is 15.3 Å². The van der Waals surface area contributed by atoms with Crippen LogP contribution in [0.5, 0.6) is 0 Å². The van der Waals surface area contributed by atoms with Crippen LogP contribution in [-0.2, 0) is 4.79 Å². The first-order chi connectivity index (χ1) is 14.8. The van der Waals surface area contributed by atoms with Gasteiger partial charge in [0.25, 0.3) is 5.97 Å². The minimum Gasteiger partial charge on any atom is -0.482 e. The van der Waals surface area contributed by atoms with Crippen LogP contribution in [0.2, 0.25) is 5.21 Å². The molecule has 4 aliphatic carbocycles. The van der Waals surface area contributed by atoms with Crippen LogP contribution in [0.1, 0.15) is 85.0 Å². The van der Waals surface area contributed by atoms with E-state index in [0.717, 1.165) is 38.5 Å². The van der Waals surface area contributed by atoms with Gasteiger partial charge >= 0.3 is 0 Å². The fraction of sp³-hybridized carbons (Fsp3) is 0.960. The van der Waals surface area contributed by atoms with E-state index in [9.17, 15) is 20.1 Å². The van der Waals surface area contributed by atoms with Crippen molar-refractivity contribution >= 4 is 29.5 Å². The molecule has 0 aliphatic heterocycles. The average molecular weight is 442 g/mol. The van der Waals surface area contributed by atoms with E-state index in [1.165, 1.54) is 25.7 Å². The second-order valence-electron chi connectivity index (χ2n) is 13.6. The Morgan fingerprint density at radius 2 is 1.66 bits per heavy atom. The molecule has 10 atom stereocenters. The molecule has 0 spiro atoms. The van der Waals surface area contributed by atoms with Crippen molar-refractivity contribution in [2.75, 3.05) is 0 Å². The Bertz CT molecular complexity index is 743. The number of aliphatic hydroxyl groups is 2. The molecule has 4 saturated carbocycles. The molecule has 0 unspecified atom stereocenters. The van der Waals surface area contributed by atoms with E-state index < -0.39 is 16.7 Å². The molecule has 178 valence electrons. The fourth-order valence-electron chi connectivity index (χ4n) is 9.70. The first-order valence-electron chi connectivity index (χ1n) is 13.4. The Morgan fingerprint density at radius 1 is 1.03 bits per heavy atom. The van der Waals surface area contributed by atoms with Crippen molar-refractivity contribution in [2.24, 2.45) is 46.3 Å². The van der Waals surface area contributed by atoms with Crippen LogP contribution in [0.4, 0.5) is 0 Å². The van der Waals surface area contributed by atoms with Gasteiger partial charge in [0.2, 0.25) is 0 Å². The quantitative estimate of drug-likeness (QED) is 0.569. The van der Waals surface area contributed by atoms with Gasteiger partial charge in [0.15, 0.2) is 0 Å². The molecule has 0 radical (unpaired) electrons. The molecule has 32 heavy (non-hydrogen) atoms. The van der Waals surface area contributed by atoms with Gasteiger partial charge in [-0.1, -0.05) is 40.0 Å². The smallest absolute Gasteiger partial charge is 0.293 e. The molecule has 4 fully saturated rings.